The number of hydrogen-bond acceptors (Lipinski definition) is 2. The molecule has 94 valence electrons. The van der Waals surface area contributed by atoms with Crippen molar-refractivity contribution < 1.29 is 13.9 Å². The highest BCUT2D eigenvalue weighted by Crippen LogP contribution is 2.32. The number of halogens is 2. The van der Waals surface area contributed by atoms with E-state index in [1.54, 1.807) is 6.92 Å². The first-order valence-electron chi connectivity index (χ1n) is 5.59. The fourth-order valence-electron chi connectivity index (χ4n) is 1.74. The second kappa shape index (κ2) is 6.01. The van der Waals surface area contributed by atoms with Gasteiger partial charge in [-0.25, -0.2) is 4.39 Å². The van der Waals surface area contributed by atoms with Gasteiger partial charge in [-0.3, -0.25) is 4.79 Å². The van der Waals surface area contributed by atoms with Gasteiger partial charge in [0, 0.05) is 5.02 Å². The zero-order chi connectivity index (χ0) is 13.0. The van der Waals surface area contributed by atoms with Gasteiger partial charge < -0.3 is 4.74 Å². The third-order valence-corrected chi connectivity index (χ3v) is 2.84. The zero-order valence-electron chi connectivity index (χ0n) is 10.2. The monoisotopic (exact) mass is 258 g/mol. The van der Waals surface area contributed by atoms with Crippen LogP contribution in [-0.4, -0.2) is 12.6 Å². The first-order valence-corrected chi connectivity index (χ1v) is 5.96. The molecular weight excluding hydrogens is 243 g/mol. The molecule has 0 amide bonds. The standard InChI is InChI=1S/C13H16ClFO2/c1-4-17-13(16)12(8(2)3)10-7-9(15)5-6-11(10)14/h5-8,12H,4H2,1-3H3. The molecule has 2 nitrogen and oxygen atoms in total. The van der Waals surface area contributed by atoms with Crippen molar-refractivity contribution in [3.05, 3.63) is 34.6 Å². The minimum absolute atomic E-state index is 0.00616. The third kappa shape index (κ3) is 3.43. The van der Waals surface area contributed by atoms with Crippen molar-refractivity contribution in [2.24, 2.45) is 5.92 Å². The van der Waals surface area contributed by atoms with E-state index < -0.39 is 11.7 Å². The van der Waals surface area contributed by atoms with Crippen LogP contribution < -0.4 is 0 Å². The van der Waals surface area contributed by atoms with Crippen LogP contribution in [-0.2, 0) is 9.53 Å². The van der Waals surface area contributed by atoms with E-state index >= 15 is 0 Å². The lowest BCUT2D eigenvalue weighted by atomic mass is 9.88. The van der Waals surface area contributed by atoms with Crippen LogP contribution in [0.1, 0.15) is 32.3 Å². The fraction of sp³-hybridized carbons (Fsp3) is 0.462. The summed E-state index contributed by atoms with van der Waals surface area (Å²) in [6.45, 7) is 5.79. The van der Waals surface area contributed by atoms with Crippen LogP contribution in [0, 0.1) is 11.7 Å². The summed E-state index contributed by atoms with van der Waals surface area (Å²) in [4.78, 5) is 11.8. The summed E-state index contributed by atoms with van der Waals surface area (Å²) in [5.41, 5.74) is 0.486. The SMILES string of the molecule is CCOC(=O)C(c1cc(F)ccc1Cl)C(C)C. The summed E-state index contributed by atoms with van der Waals surface area (Å²) in [7, 11) is 0. The van der Waals surface area contributed by atoms with Gasteiger partial charge in [0.05, 0.1) is 12.5 Å². The van der Waals surface area contributed by atoms with E-state index in [9.17, 15) is 9.18 Å². The van der Waals surface area contributed by atoms with Gasteiger partial charge >= 0.3 is 5.97 Å². The molecule has 0 fully saturated rings. The number of hydrogen-bond donors (Lipinski definition) is 0. The molecule has 0 aliphatic carbocycles. The average Bonchev–Trinajstić information content (AvgIpc) is 2.23. The Bertz CT molecular complexity index is 404. The van der Waals surface area contributed by atoms with E-state index in [1.165, 1.54) is 18.2 Å². The molecule has 0 radical (unpaired) electrons. The second-order valence-corrected chi connectivity index (χ2v) is 4.55. The number of rotatable bonds is 4. The Kier molecular flexibility index (Phi) is 4.94. The van der Waals surface area contributed by atoms with E-state index in [-0.39, 0.29) is 11.9 Å². The minimum Gasteiger partial charge on any atom is -0.466 e. The molecule has 4 heteroatoms. The molecule has 0 saturated heterocycles. The van der Waals surface area contributed by atoms with E-state index in [1.807, 2.05) is 13.8 Å². The summed E-state index contributed by atoms with van der Waals surface area (Å²) in [6.07, 6.45) is 0. The van der Waals surface area contributed by atoms with Crippen LogP contribution in [0.15, 0.2) is 18.2 Å². The largest absolute Gasteiger partial charge is 0.466 e. The number of benzene rings is 1. The lowest BCUT2D eigenvalue weighted by Gasteiger charge is -2.20. The Balaban J connectivity index is 3.13. The van der Waals surface area contributed by atoms with Crippen molar-refractivity contribution in [2.75, 3.05) is 6.61 Å². The maximum absolute atomic E-state index is 13.2. The van der Waals surface area contributed by atoms with Crippen molar-refractivity contribution in [1.82, 2.24) is 0 Å². The van der Waals surface area contributed by atoms with Crippen molar-refractivity contribution >= 4 is 17.6 Å². The van der Waals surface area contributed by atoms with Gasteiger partial charge in [0.2, 0.25) is 0 Å². The zero-order valence-corrected chi connectivity index (χ0v) is 10.9. The molecule has 1 unspecified atom stereocenters. The molecule has 0 saturated carbocycles. The van der Waals surface area contributed by atoms with Crippen molar-refractivity contribution in [3.8, 4) is 0 Å². The molecular formula is C13H16ClFO2. The van der Waals surface area contributed by atoms with Crippen molar-refractivity contribution in [1.29, 1.82) is 0 Å². The molecule has 1 aromatic rings. The number of carbonyl (C=O) groups is 1. The van der Waals surface area contributed by atoms with Gasteiger partial charge in [-0.2, -0.15) is 0 Å². The van der Waals surface area contributed by atoms with E-state index in [0.717, 1.165) is 0 Å². The smallest absolute Gasteiger partial charge is 0.313 e. The van der Waals surface area contributed by atoms with E-state index in [2.05, 4.69) is 0 Å². The van der Waals surface area contributed by atoms with E-state index in [0.29, 0.717) is 17.2 Å². The summed E-state index contributed by atoms with van der Waals surface area (Å²) >= 11 is 6.00. The van der Waals surface area contributed by atoms with Crippen LogP contribution in [0.4, 0.5) is 4.39 Å². The van der Waals surface area contributed by atoms with Gasteiger partial charge in [0.25, 0.3) is 0 Å². The van der Waals surface area contributed by atoms with Crippen LogP contribution in [0.25, 0.3) is 0 Å². The molecule has 0 aliphatic heterocycles. The van der Waals surface area contributed by atoms with Crippen LogP contribution >= 0.6 is 11.6 Å². The normalized spacial score (nSPS) is 12.6. The van der Waals surface area contributed by atoms with Crippen molar-refractivity contribution in [2.45, 2.75) is 26.7 Å². The second-order valence-electron chi connectivity index (χ2n) is 4.14. The lowest BCUT2D eigenvalue weighted by molar-refractivity contribution is -0.146. The van der Waals surface area contributed by atoms with Gasteiger partial charge in [-0.15, -0.1) is 0 Å². The first-order chi connectivity index (χ1) is 7.97. The Hall–Kier alpha value is -1.09. The quantitative estimate of drug-likeness (QED) is 0.769. The maximum atomic E-state index is 13.2. The van der Waals surface area contributed by atoms with Crippen LogP contribution in [0.5, 0.6) is 0 Å². The molecule has 1 atom stereocenters. The maximum Gasteiger partial charge on any atom is 0.313 e. The summed E-state index contributed by atoms with van der Waals surface area (Å²) < 4.78 is 18.2. The Morgan fingerprint density at radius 2 is 2.12 bits per heavy atom. The van der Waals surface area contributed by atoms with Crippen LogP contribution in [0.3, 0.4) is 0 Å². The first kappa shape index (κ1) is 14.0. The fourth-order valence-corrected chi connectivity index (χ4v) is 1.98. The molecule has 0 spiro atoms. The summed E-state index contributed by atoms with van der Waals surface area (Å²) in [6, 6.07) is 4.03. The van der Waals surface area contributed by atoms with Gasteiger partial charge in [-0.05, 0) is 36.6 Å². The predicted molar refractivity (Wildman–Crippen MR) is 65.6 cm³/mol. The number of ether oxygens (including phenoxy) is 1. The highest BCUT2D eigenvalue weighted by molar-refractivity contribution is 6.31. The summed E-state index contributed by atoms with van der Waals surface area (Å²) in [5, 5.41) is 0.387. The van der Waals surface area contributed by atoms with Gasteiger partial charge in [0.15, 0.2) is 0 Å². The molecule has 0 aliphatic rings. The summed E-state index contributed by atoms with van der Waals surface area (Å²) in [5.74, 6) is -1.30. The Morgan fingerprint density at radius 1 is 1.47 bits per heavy atom. The van der Waals surface area contributed by atoms with Crippen molar-refractivity contribution in [3.63, 3.8) is 0 Å². The molecule has 17 heavy (non-hydrogen) atoms. The van der Waals surface area contributed by atoms with Gasteiger partial charge in [0.1, 0.15) is 5.82 Å². The van der Waals surface area contributed by atoms with Gasteiger partial charge in [-0.1, -0.05) is 25.4 Å². The number of carbonyl (C=O) groups excluding carboxylic acids is 1. The highest BCUT2D eigenvalue weighted by Gasteiger charge is 2.27. The topological polar surface area (TPSA) is 26.3 Å². The Morgan fingerprint density at radius 3 is 2.65 bits per heavy atom. The number of esters is 1. The van der Waals surface area contributed by atoms with Crippen LogP contribution in [0.2, 0.25) is 5.02 Å². The minimum atomic E-state index is -0.529. The molecule has 1 rings (SSSR count). The lowest BCUT2D eigenvalue weighted by Crippen LogP contribution is -2.21. The predicted octanol–water partition coefficient (Wildman–Crippen LogP) is 3.78. The molecule has 0 aromatic heterocycles. The Labute approximate surface area is 106 Å². The third-order valence-electron chi connectivity index (χ3n) is 2.50. The molecule has 1 aromatic carbocycles. The van der Waals surface area contributed by atoms with E-state index in [4.69, 9.17) is 16.3 Å². The molecule has 0 N–H and O–H groups in total. The molecule has 0 heterocycles. The molecule has 0 bridgehead atoms. The average molecular weight is 259 g/mol. The highest BCUT2D eigenvalue weighted by atomic mass is 35.5.